The first-order valence-electron chi connectivity index (χ1n) is 9.47. The van der Waals surface area contributed by atoms with E-state index in [1.54, 1.807) is 11.3 Å². The summed E-state index contributed by atoms with van der Waals surface area (Å²) in [7, 11) is 0. The summed E-state index contributed by atoms with van der Waals surface area (Å²) in [5.41, 5.74) is 0.614. The number of hydrogen-bond acceptors (Lipinski definition) is 6. The minimum Gasteiger partial charge on any atom is -0.452 e. The van der Waals surface area contributed by atoms with Gasteiger partial charge in [0.15, 0.2) is 6.61 Å². The molecule has 0 saturated carbocycles. The van der Waals surface area contributed by atoms with Crippen LogP contribution in [0.5, 0.6) is 0 Å². The van der Waals surface area contributed by atoms with Gasteiger partial charge in [0.25, 0.3) is 17.7 Å². The summed E-state index contributed by atoms with van der Waals surface area (Å²) in [4.78, 5) is 51.2. The molecule has 1 aromatic heterocycles. The molecular formula is C21H22N2O5S. The van der Waals surface area contributed by atoms with Crippen molar-refractivity contribution in [3.05, 3.63) is 57.3 Å². The Bertz CT molecular complexity index is 923. The summed E-state index contributed by atoms with van der Waals surface area (Å²) >= 11 is 1.61. The number of fused-ring (bicyclic) bond motifs is 1. The molecule has 0 aliphatic carbocycles. The van der Waals surface area contributed by atoms with E-state index in [1.807, 2.05) is 24.4 Å². The monoisotopic (exact) mass is 414 g/mol. The second-order valence-corrected chi connectivity index (χ2v) is 7.66. The summed E-state index contributed by atoms with van der Waals surface area (Å²) in [5.74, 6) is -1.86. The third kappa shape index (κ3) is 4.89. The van der Waals surface area contributed by atoms with Gasteiger partial charge in [0.2, 0.25) is 0 Å². The summed E-state index contributed by atoms with van der Waals surface area (Å²) in [6.07, 6.45) is 2.30. The van der Waals surface area contributed by atoms with Crippen LogP contribution in [0.1, 0.15) is 55.7 Å². The van der Waals surface area contributed by atoms with Gasteiger partial charge in [-0.05, 0) is 42.5 Å². The summed E-state index contributed by atoms with van der Waals surface area (Å²) in [6.45, 7) is 2.38. The van der Waals surface area contributed by atoms with Crippen LogP contribution in [0.25, 0.3) is 0 Å². The first-order valence-corrected chi connectivity index (χ1v) is 10.4. The molecule has 0 atom stereocenters. The lowest BCUT2D eigenvalue weighted by atomic mass is 10.1. The zero-order valence-electron chi connectivity index (χ0n) is 16.1. The molecule has 0 bridgehead atoms. The second-order valence-electron chi connectivity index (χ2n) is 6.63. The number of carbonyl (C=O) groups excluding carboxylic acids is 4. The first-order chi connectivity index (χ1) is 14.0. The van der Waals surface area contributed by atoms with Gasteiger partial charge in [0.05, 0.1) is 16.7 Å². The second kappa shape index (κ2) is 9.47. The Morgan fingerprint density at radius 2 is 1.93 bits per heavy atom. The van der Waals surface area contributed by atoms with E-state index in [4.69, 9.17) is 4.74 Å². The third-order valence-electron chi connectivity index (χ3n) is 4.55. The molecule has 1 aromatic carbocycles. The van der Waals surface area contributed by atoms with Gasteiger partial charge in [0.1, 0.15) is 0 Å². The van der Waals surface area contributed by atoms with Crippen molar-refractivity contribution in [3.63, 3.8) is 0 Å². The molecule has 0 saturated heterocycles. The van der Waals surface area contributed by atoms with E-state index in [0.717, 1.165) is 17.7 Å². The van der Waals surface area contributed by atoms with Gasteiger partial charge in [-0.15, -0.1) is 11.3 Å². The van der Waals surface area contributed by atoms with E-state index in [9.17, 15) is 19.2 Å². The molecule has 29 heavy (non-hydrogen) atoms. The van der Waals surface area contributed by atoms with Gasteiger partial charge in [-0.25, -0.2) is 4.79 Å². The minimum absolute atomic E-state index is 0.133. The van der Waals surface area contributed by atoms with E-state index in [2.05, 4.69) is 5.32 Å². The Kier molecular flexibility index (Phi) is 6.77. The number of nitrogens with one attached hydrogen (secondary N) is 1. The molecule has 3 rings (SSSR count). The smallest absolute Gasteiger partial charge is 0.338 e. The van der Waals surface area contributed by atoms with Crippen LogP contribution < -0.4 is 5.32 Å². The predicted molar refractivity (Wildman–Crippen MR) is 108 cm³/mol. The number of hydrogen-bond donors (Lipinski definition) is 1. The average Bonchev–Trinajstić information content (AvgIpc) is 3.32. The largest absolute Gasteiger partial charge is 0.452 e. The van der Waals surface area contributed by atoms with Gasteiger partial charge in [-0.2, -0.15) is 0 Å². The number of nitrogens with zero attached hydrogens (tertiary/aromatic N) is 1. The lowest BCUT2D eigenvalue weighted by Crippen LogP contribution is -2.30. The van der Waals surface area contributed by atoms with Crippen LogP contribution in [0.3, 0.4) is 0 Å². The quantitative estimate of drug-likeness (QED) is 0.503. The number of thiophene rings is 1. The van der Waals surface area contributed by atoms with Crippen molar-refractivity contribution in [3.8, 4) is 0 Å². The fourth-order valence-corrected chi connectivity index (χ4v) is 3.69. The Balaban J connectivity index is 1.53. The van der Waals surface area contributed by atoms with Crippen LogP contribution in [0.15, 0.2) is 35.7 Å². The molecule has 0 unspecified atom stereocenters. The van der Waals surface area contributed by atoms with Gasteiger partial charge < -0.3 is 10.1 Å². The molecule has 2 heterocycles. The highest BCUT2D eigenvalue weighted by Gasteiger charge is 2.35. The van der Waals surface area contributed by atoms with Crippen molar-refractivity contribution in [2.24, 2.45) is 0 Å². The molecule has 3 amide bonds. The standard InChI is InChI=1S/C21H22N2O5S/c1-2-3-10-23-19(25)16-7-6-14(12-17(16)20(23)26)21(27)28-13-18(24)22-9-8-15-5-4-11-29-15/h4-7,11-12H,2-3,8-10,13H2,1H3,(H,22,24). The molecule has 2 aromatic rings. The van der Waals surface area contributed by atoms with Crippen molar-refractivity contribution in [1.82, 2.24) is 10.2 Å². The maximum absolute atomic E-state index is 12.5. The summed E-state index contributed by atoms with van der Waals surface area (Å²) in [5, 5.41) is 4.66. The molecule has 0 fully saturated rings. The fraction of sp³-hybridized carbons (Fsp3) is 0.333. The number of esters is 1. The number of unbranched alkanes of at least 4 members (excludes halogenated alkanes) is 1. The van der Waals surface area contributed by atoms with Crippen molar-refractivity contribution in [2.45, 2.75) is 26.2 Å². The number of imide groups is 1. The van der Waals surface area contributed by atoms with Crippen LogP contribution in [-0.4, -0.2) is 48.3 Å². The van der Waals surface area contributed by atoms with Crippen LogP contribution in [0.4, 0.5) is 0 Å². The van der Waals surface area contributed by atoms with Crippen LogP contribution >= 0.6 is 11.3 Å². The zero-order valence-corrected chi connectivity index (χ0v) is 16.9. The Labute approximate surface area is 172 Å². The highest BCUT2D eigenvalue weighted by atomic mass is 32.1. The Morgan fingerprint density at radius 1 is 1.14 bits per heavy atom. The van der Waals surface area contributed by atoms with Crippen molar-refractivity contribution < 1.29 is 23.9 Å². The van der Waals surface area contributed by atoms with E-state index in [-0.39, 0.29) is 22.6 Å². The highest BCUT2D eigenvalue weighted by Crippen LogP contribution is 2.24. The van der Waals surface area contributed by atoms with Crippen LogP contribution in [-0.2, 0) is 16.0 Å². The van der Waals surface area contributed by atoms with Crippen molar-refractivity contribution in [2.75, 3.05) is 19.7 Å². The van der Waals surface area contributed by atoms with E-state index in [1.165, 1.54) is 23.1 Å². The molecule has 7 nitrogen and oxygen atoms in total. The molecule has 1 N–H and O–H groups in total. The Hall–Kier alpha value is -3.00. The molecule has 8 heteroatoms. The van der Waals surface area contributed by atoms with Gasteiger partial charge in [0, 0.05) is 18.0 Å². The third-order valence-corrected chi connectivity index (χ3v) is 5.49. The number of rotatable bonds is 9. The summed E-state index contributed by atoms with van der Waals surface area (Å²) in [6, 6.07) is 8.18. The topological polar surface area (TPSA) is 92.8 Å². The van der Waals surface area contributed by atoms with Crippen LogP contribution in [0.2, 0.25) is 0 Å². The van der Waals surface area contributed by atoms with E-state index < -0.39 is 24.4 Å². The maximum Gasteiger partial charge on any atom is 0.338 e. The number of ether oxygens (including phenoxy) is 1. The van der Waals surface area contributed by atoms with Gasteiger partial charge in [-0.1, -0.05) is 19.4 Å². The normalized spacial score (nSPS) is 12.8. The van der Waals surface area contributed by atoms with Crippen molar-refractivity contribution in [1.29, 1.82) is 0 Å². The highest BCUT2D eigenvalue weighted by molar-refractivity contribution is 7.09. The molecule has 0 radical (unpaired) electrons. The lowest BCUT2D eigenvalue weighted by Gasteiger charge is -2.12. The molecule has 1 aliphatic heterocycles. The van der Waals surface area contributed by atoms with E-state index in [0.29, 0.717) is 19.5 Å². The molecule has 1 aliphatic rings. The Morgan fingerprint density at radius 3 is 2.66 bits per heavy atom. The predicted octanol–water partition coefficient (Wildman–Crippen LogP) is 2.66. The molecule has 152 valence electrons. The summed E-state index contributed by atoms with van der Waals surface area (Å²) < 4.78 is 5.03. The van der Waals surface area contributed by atoms with E-state index >= 15 is 0 Å². The van der Waals surface area contributed by atoms with Gasteiger partial charge >= 0.3 is 5.97 Å². The SMILES string of the molecule is CCCCN1C(=O)c2ccc(C(=O)OCC(=O)NCCc3cccs3)cc2C1=O. The number of carbonyl (C=O) groups is 4. The van der Waals surface area contributed by atoms with Gasteiger partial charge in [-0.3, -0.25) is 19.3 Å². The van der Waals surface area contributed by atoms with Crippen molar-refractivity contribution >= 4 is 35.0 Å². The van der Waals surface area contributed by atoms with Crippen LogP contribution in [0, 0.1) is 0 Å². The minimum atomic E-state index is -0.714. The number of benzene rings is 1. The lowest BCUT2D eigenvalue weighted by molar-refractivity contribution is -0.124. The molecule has 0 spiro atoms. The zero-order chi connectivity index (χ0) is 20.8. The first kappa shape index (κ1) is 20.7. The maximum atomic E-state index is 12.5. The number of amides is 3. The fourth-order valence-electron chi connectivity index (χ4n) is 2.98. The average molecular weight is 414 g/mol. The molecular weight excluding hydrogens is 392 g/mol.